The molecule has 1 unspecified atom stereocenters. The lowest BCUT2D eigenvalue weighted by atomic mass is 10.2. The Morgan fingerprint density at radius 3 is 2.43 bits per heavy atom. The lowest BCUT2D eigenvalue weighted by Gasteiger charge is -2.22. The summed E-state index contributed by atoms with van der Waals surface area (Å²) in [5.41, 5.74) is 5.94. The third kappa shape index (κ3) is 5.89. The van der Waals surface area contributed by atoms with Crippen LogP contribution in [-0.2, 0) is 4.79 Å². The number of nitrogens with two attached hydrogens (primary N) is 1. The number of amides is 1. The molecule has 0 aromatic carbocycles. The number of carbonyl (C=O) groups excluding carboxylic acids is 1. The Hall–Kier alpha value is -1.98. The van der Waals surface area contributed by atoms with Crippen molar-refractivity contribution in [2.45, 2.75) is 59.2 Å². The molecule has 118 valence electrons. The standard InChI is InChI=1S/C15H26N4O2/c1-9(2)17-13(20)10(3)18-12-8-7-11(16)14(19-12)21-15(4,5)6/h7-10H,16H2,1-6H3,(H,17,20)(H,18,19). The first-order valence-corrected chi connectivity index (χ1v) is 7.11. The van der Waals surface area contributed by atoms with Gasteiger partial charge in [-0.15, -0.1) is 0 Å². The second-order valence-corrected chi connectivity index (χ2v) is 6.33. The topological polar surface area (TPSA) is 89.3 Å². The van der Waals surface area contributed by atoms with Crippen molar-refractivity contribution in [3.05, 3.63) is 12.1 Å². The fraction of sp³-hybridized carbons (Fsp3) is 0.600. The van der Waals surface area contributed by atoms with Crippen LogP contribution in [-0.4, -0.2) is 28.6 Å². The van der Waals surface area contributed by atoms with Gasteiger partial charge in [0.25, 0.3) is 0 Å². The number of nitrogens with one attached hydrogen (secondary N) is 2. The van der Waals surface area contributed by atoms with Gasteiger partial charge in [-0.1, -0.05) is 0 Å². The Bertz CT molecular complexity index is 495. The van der Waals surface area contributed by atoms with Crippen LogP contribution in [0.15, 0.2) is 12.1 Å². The number of nitrogens with zero attached hydrogens (tertiary/aromatic N) is 1. The van der Waals surface area contributed by atoms with Gasteiger partial charge in [0.2, 0.25) is 11.8 Å². The van der Waals surface area contributed by atoms with Crippen LogP contribution in [0.25, 0.3) is 0 Å². The molecule has 6 heteroatoms. The second-order valence-electron chi connectivity index (χ2n) is 6.33. The quantitative estimate of drug-likeness (QED) is 0.774. The molecule has 0 radical (unpaired) electrons. The molecule has 21 heavy (non-hydrogen) atoms. The average Bonchev–Trinajstić information content (AvgIpc) is 2.30. The van der Waals surface area contributed by atoms with Crippen LogP contribution in [0.1, 0.15) is 41.5 Å². The molecule has 0 saturated heterocycles. The van der Waals surface area contributed by atoms with Crippen LogP contribution >= 0.6 is 0 Å². The summed E-state index contributed by atoms with van der Waals surface area (Å²) in [4.78, 5) is 16.2. The number of anilines is 2. The highest BCUT2D eigenvalue weighted by Gasteiger charge is 2.17. The molecule has 0 spiro atoms. The van der Waals surface area contributed by atoms with E-state index in [1.54, 1.807) is 19.1 Å². The highest BCUT2D eigenvalue weighted by molar-refractivity contribution is 5.84. The third-order valence-electron chi connectivity index (χ3n) is 2.48. The minimum Gasteiger partial charge on any atom is -0.470 e. The van der Waals surface area contributed by atoms with Crippen LogP contribution in [0, 0.1) is 0 Å². The van der Waals surface area contributed by atoms with Gasteiger partial charge >= 0.3 is 0 Å². The first-order chi connectivity index (χ1) is 9.58. The predicted molar refractivity (Wildman–Crippen MR) is 85.4 cm³/mol. The van der Waals surface area contributed by atoms with E-state index in [2.05, 4.69) is 15.6 Å². The molecule has 0 saturated carbocycles. The number of nitrogen functional groups attached to an aromatic ring is 1. The van der Waals surface area contributed by atoms with Crippen molar-refractivity contribution in [1.29, 1.82) is 0 Å². The maximum Gasteiger partial charge on any atom is 0.242 e. The van der Waals surface area contributed by atoms with Gasteiger partial charge in [0.1, 0.15) is 17.5 Å². The number of aromatic nitrogens is 1. The smallest absolute Gasteiger partial charge is 0.242 e. The van der Waals surface area contributed by atoms with E-state index in [0.29, 0.717) is 17.4 Å². The van der Waals surface area contributed by atoms with E-state index < -0.39 is 6.04 Å². The van der Waals surface area contributed by atoms with Crippen LogP contribution in [0.5, 0.6) is 5.88 Å². The molecular weight excluding hydrogens is 268 g/mol. The van der Waals surface area contributed by atoms with Gasteiger partial charge in [-0.05, 0) is 53.7 Å². The fourth-order valence-electron chi connectivity index (χ4n) is 1.60. The van der Waals surface area contributed by atoms with E-state index in [4.69, 9.17) is 10.5 Å². The van der Waals surface area contributed by atoms with Crippen molar-refractivity contribution in [2.75, 3.05) is 11.1 Å². The molecule has 1 atom stereocenters. The molecule has 1 amide bonds. The van der Waals surface area contributed by atoms with E-state index in [1.165, 1.54) is 0 Å². The van der Waals surface area contributed by atoms with Crippen molar-refractivity contribution >= 4 is 17.4 Å². The van der Waals surface area contributed by atoms with Gasteiger partial charge in [-0.25, -0.2) is 0 Å². The summed E-state index contributed by atoms with van der Waals surface area (Å²) in [7, 11) is 0. The minimum atomic E-state index is -0.397. The molecule has 0 aliphatic carbocycles. The summed E-state index contributed by atoms with van der Waals surface area (Å²) in [6, 6.07) is 3.14. The molecule has 0 aliphatic heterocycles. The van der Waals surface area contributed by atoms with Gasteiger partial charge in [0, 0.05) is 6.04 Å². The van der Waals surface area contributed by atoms with Crippen molar-refractivity contribution in [1.82, 2.24) is 10.3 Å². The Morgan fingerprint density at radius 2 is 1.90 bits per heavy atom. The molecule has 1 rings (SSSR count). The Kier molecular flexibility index (Phi) is 5.41. The zero-order chi connectivity index (χ0) is 16.2. The fourth-order valence-corrected chi connectivity index (χ4v) is 1.60. The van der Waals surface area contributed by atoms with Crippen LogP contribution < -0.4 is 21.1 Å². The summed E-state index contributed by atoms with van der Waals surface area (Å²) in [6.45, 7) is 11.4. The summed E-state index contributed by atoms with van der Waals surface area (Å²) in [6.07, 6.45) is 0. The van der Waals surface area contributed by atoms with E-state index >= 15 is 0 Å². The average molecular weight is 294 g/mol. The van der Waals surface area contributed by atoms with Gasteiger partial charge in [-0.2, -0.15) is 4.98 Å². The van der Waals surface area contributed by atoms with Gasteiger partial charge in [-0.3, -0.25) is 4.79 Å². The van der Waals surface area contributed by atoms with Crippen molar-refractivity contribution in [3.63, 3.8) is 0 Å². The summed E-state index contributed by atoms with van der Waals surface area (Å²) in [5, 5.41) is 5.88. The normalized spacial score (nSPS) is 12.9. The number of pyridine rings is 1. The molecule has 0 fully saturated rings. The van der Waals surface area contributed by atoms with Crippen molar-refractivity contribution in [3.8, 4) is 5.88 Å². The molecule has 6 nitrogen and oxygen atoms in total. The summed E-state index contributed by atoms with van der Waals surface area (Å²) < 4.78 is 5.70. The van der Waals surface area contributed by atoms with Crippen molar-refractivity contribution < 1.29 is 9.53 Å². The molecule has 1 heterocycles. The SMILES string of the molecule is CC(C)NC(=O)C(C)Nc1ccc(N)c(OC(C)(C)C)n1. The van der Waals surface area contributed by atoms with E-state index in [0.717, 1.165) is 0 Å². The maximum atomic E-state index is 11.9. The largest absolute Gasteiger partial charge is 0.470 e. The van der Waals surface area contributed by atoms with Crippen LogP contribution in [0.4, 0.5) is 11.5 Å². The Morgan fingerprint density at radius 1 is 1.29 bits per heavy atom. The highest BCUT2D eigenvalue weighted by Crippen LogP contribution is 2.25. The van der Waals surface area contributed by atoms with Crippen LogP contribution in [0.3, 0.4) is 0 Å². The summed E-state index contributed by atoms with van der Waals surface area (Å²) >= 11 is 0. The highest BCUT2D eigenvalue weighted by atomic mass is 16.5. The minimum absolute atomic E-state index is 0.0816. The molecule has 1 aromatic heterocycles. The molecule has 1 aromatic rings. The summed E-state index contributed by atoms with van der Waals surface area (Å²) in [5.74, 6) is 0.834. The lowest BCUT2D eigenvalue weighted by molar-refractivity contribution is -0.122. The predicted octanol–water partition coefficient (Wildman–Crippen LogP) is 2.17. The van der Waals surface area contributed by atoms with Gasteiger partial charge in [0.05, 0.1) is 5.69 Å². The second kappa shape index (κ2) is 6.65. The molecular formula is C15H26N4O2. The number of hydrogen-bond acceptors (Lipinski definition) is 5. The van der Waals surface area contributed by atoms with Gasteiger partial charge < -0.3 is 21.1 Å². The van der Waals surface area contributed by atoms with Crippen LogP contribution in [0.2, 0.25) is 0 Å². The Balaban J connectivity index is 2.80. The van der Waals surface area contributed by atoms with E-state index in [1.807, 2.05) is 34.6 Å². The zero-order valence-corrected chi connectivity index (χ0v) is 13.7. The number of hydrogen-bond donors (Lipinski definition) is 3. The molecule has 0 bridgehead atoms. The van der Waals surface area contributed by atoms with Crippen molar-refractivity contribution in [2.24, 2.45) is 0 Å². The monoisotopic (exact) mass is 294 g/mol. The zero-order valence-electron chi connectivity index (χ0n) is 13.7. The Labute approximate surface area is 126 Å². The first kappa shape index (κ1) is 17.1. The van der Waals surface area contributed by atoms with E-state index in [9.17, 15) is 4.79 Å². The molecule has 4 N–H and O–H groups in total. The van der Waals surface area contributed by atoms with E-state index in [-0.39, 0.29) is 17.6 Å². The molecule has 0 aliphatic rings. The number of ether oxygens (including phenoxy) is 1. The number of rotatable bonds is 5. The third-order valence-corrected chi connectivity index (χ3v) is 2.48. The maximum absolute atomic E-state index is 11.9. The lowest BCUT2D eigenvalue weighted by Crippen LogP contribution is -2.41. The van der Waals surface area contributed by atoms with Gasteiger partial charge in [0.15, 0.2) is 0 Å². The number of carbonyl (C=O) groups is 1. The first-order valence-electron chi connectivity index (χ1n) is 7.11.